The van der Waals surface area contributed by atoms with Gasteiger partial charge in [-0.15, -0.1) is 0 Å². The summed E-state index contributed by atoms with van der Waals surface area (Å²) < 4.78 is 5.27. The van der Waals surface area contributed by atoms with Crippen molar-refractivity contribution in [3.8, 4) is 11.4 Å². The molecule has 81 valence electrons. The van der Waals surface area contributed by atoms with Crippen molar-refractivity contribution in [1.82, 2.24) is 20.4 Å². The van der Waals surface area contributed by atoms with E-state index in [4.69, 9.17) is 4.52 Å². The highest BCUT2D eigenvalue weighted by atomic mass is 16.5. The lowest BCUT2D eigenvalue weighted by atomic mass is 10.0. The van der Waals surface area contributed by atoms with E-state index in [9.17, 15) is 0 Å². The van der Waals surface area contributed by atoms with Crippen LogP contribution in [0.1, 0.15) is 23.9 Å². The summed E-state index contributed by atoms with van der Waals surface area (Å²) in [5.74, 6) is 0.825. The fourth-order valence-corrected chi connectivity index (χ4v) is 1.71. The van der Waals surface area contributed by atoms with Gasteiger partial charge >= 0.3 is 0 Å². The number of hydrogen-bond donors (Lipinski definition) is 0. The minimum Gasteiger partial charge on any atom is -0.359 e. The highest BCUT2D eigenvalue weighted by Crippen LogP contribution is 2.28. The maximum atomic E-state index is 5.27. The third kappa shape index (κ3) is 1.49. The van der Waals surface area contributed by atoms with E-state index < -0.39 is 0 Å². The summed E-state index contributed by atoms with van der Waals surface area (Å²) in [5, 5.41) is 8.31. The van der Waals surface area contributed by atoms with Crippen molar-refractivity contribution in [3.63, 3.8) is 0 Å². The Kier molecular flexibility index (Phi) is 2.18. The molecule has 5 nitrogen and oxygen atoms in total. The molecule has 0 spiro atoms. The molecule has 0 bridgehead atoms. The molecule has 0 aliphatic carbocycles. The molecule has 1 radical (unpaired) electrons. The van der Waals surface area contributed by atoms with Crippen molar-refractivity contribution in [2.24, 2.45) is 0 Å². The standard InChI is InChI=1S/C11H11N4O/c1-7-11(14-5-4-12-7)9-6-10(16-15-9)8-2-3-13-8/h4-6,8H,2-3H2,1H3. The van der Waals surface area contributed by atoms with Gasteiger partial charge in [0.15, 0.2) is 5.76 Å². The number of aromatic nitrogens is 3. The van der Waals surface area contributed by atoms with Crippen molar-refractivity contribution in [2.45, 2.75) is 19.4 Å². The molecule has 0 amide bonds. The van der Waals surface area contributed by atoms with Crippen molar-refractivity contribution in [2.75, 3.05) is 6.54 Å². The Hall–Kier alpha value is -1.75. The van der Waals surface area contributed by atoms with E-state index in [-0.39, 0.29) is 6.04 Å². The lowest BCUT2D eigenvalue weighted by molar-refractivity contribution is 0.276. The highest BCUT2D eigenvalue weighted by Gasteiger charge is 2.25. The fourth-order valence-electron chi connectivity index (χ4n) is 1.71. The van der Waals surface area contributed by atoms with Crippen molar-refractivity contribution in [3.05, 3.63) is 29.9 Å². The number of rotatable bonds is 2. The molecular weight excluding hydrogens is 204 g/mol. The molecule has 1 saturated heterocycles. The second-order valence-corrected chi connectivity index (χ2v) is 3.82. The van der Waals surface area contributed by atoms with Crippen LogP contribution in [0.4, 0.5) is 0 Å². The van der Waals surface area contributed by atoms with Crippen molar-refractivity contribution in [1.29, 1.82) is 0 Å². The molecule has 1 aliphatic heterocycles. The van der Waals surface area contributed by atoms with Crippen molar-refractivity contribution >= 4 is 0 Å². The number of hydrogen-bond acceptors (Lipinski definition) is 4. The van der Waals surface area contributed by atoms with E-state index in [1.54, 1.807) is 12.4 Å². The first-order valence-corrected chi connectivity index (χ1v) is 5.26. The molecule has 16 heavy (non-hydrogen) atoms. The highest BCUT2D eigenvalue weighted by molar-refractivity contribution is 5.56. The van der Waals surface area contributed by atoms with Gasteiger partial charge in [0.05, 0.1) is 11.7 Å². The van der Waals surface area contributed by atoms with Crippen LogP contribution in [0.5, 0.6) is 0 Å². The van der Waals surface area contributed by atoms with E-state index >= 15 is 0 Å². The molecule has 0 saturated carbocycles. The zero-order valence-corrected chi connectivity index (χ0v) is 8.92. The van der Waals surface area contributed by atoms with Gasteiger partial charge in [-0.25, -0.2) is 5.32 Å². The average Bonchev–Trinajstić information content (AvgIpc) is 2.65. The predicted molar refractivity (Wildman–Crippen MR) is 56.6 cm³/mol. The Morgan fingerprint density at radius 2 is 2.12 bits per heavy atom. The molecule has 1 fully saturated rings. The van der Waals surface area contributed by atoms with E-state index in [2.05, 4.69) is 20.4 Å². The molecule has 3 rings (SSSR count). The summed E-state index contributed by atoms with van der Waals surface area (Å²) >= 11 is 0. The van der Waals surface area contributed by atoms with Gasteiger partial charge in [-0.2, -0.15) is 0 Å². The lowest BCUT2D eigenvalue weighted by Gasteiger charge is -2.21. The summed E-state index contributed by atoms with van der Waals surface area (Å²) in [6.45, 7) is 2.83. The van der Waals surface area contributed by atoms with Crippen LogP contribution >= 0.6 is 0 Å². The van der Waals surface area contributed by atoms with E-state index in [0.29, 0.717) is 0 Å². The first kappa shape index (κ1) is 9.47. The van der Waals surface area contributed by atoms with Crippen LogP contribution in [0, 0.1) is 6.92 Å². The second-order valence-electron chi connectivity index (χ2n) is 3.82. The Balaban J connectivity index is 1.95. The predicted octanol–water partition coefficient (Wildman–Crippen LogP) is 1.49. The lowest BCUT2D eigenvalue weighted by Crippen LogP contribution is -2.27. The van der Waals surface area contributed by atoms with Gasteiger partial charge in [-0.05, 0) is 13.3 Å². The summed E-state index contributed by atoms with van der Waals surface area (Å²) in [5.41, 5.74) is 2.37. The third-order valence-electron chi connectivity index (χ3n) is 2.73. The molecular formula is C11H11N4O. The van der Waals surface area contributed by atoms with Crippen LogP contribution in [0.3, 0.4) is 0 Å². The van der Waals surface area contributed by atoms with Crippen LogP contribution in [0.2, 0.25) is 0 Å². The Morgan fingerprint density at radius 1 is 1.31 bits per heavy atom. The Morgan fingerprint density at radius 3 is 2.81 bits per heavy atom. The molecule has 0 N–H and O–H groups in total. The summed E-state index contributed by atoms with van der Waals surface area (Å²) in [6.07, 6.45) is 4.37. The van der Waals surface area contributed by atoms with Gasteiger partial charge < -0.3 is 4.52 Å². The van der Waals surface area contributed by atoms with Crippen LogP contribution in [-0.2, 0) is 0 Å². The van der Waals surface area contributed by atoms with Gasteiger partial charge in [0.2, 0.25) is 0 Å². The Labute approximate surface area is 92.9 Å². The van der Waals surface area contributed by atoms with E-state index in [0.717, 1.165) is 35.8 Å². The molecule has 1 aliphatic rings. The van der Waals surface area contributed by atoms with Crippen LogP contribution in [0.25, 0.3) is 11.4 Å². The zero-order chi connectivity index (χ0) is 11.0. The van der Waals surface area contributed by atoms with E-state index in [1.807, 2.05) is 13.0 Å². The topological polar surface area (TPSA) is 65.9 Å². The molecule has 1 atom stereocenters. The first-order valence-electron chi connectivity index (χ1n) is 5.26. The summed E-state index contributed by atoms with van der Waals surface area (Å²) in [6, 6.07) is 2.10. The smallest absolute Gasteiger partial charge is 0.156 e. The van der Waals surface area contributed by atoms with Gasteiger partial charge in [-0.3, -0.25) is 9.97 Å². The number of nitrogens with zero attached hydrogens (tertiary/aromatic N) is 4. The average molecular weight is 215 g/mol. The Bertz CT molecular complexity index is 504. The zero-order valence-electron chi connectivity index (χ0n) is 8.92. The summed E-state index contributed by atoms with van der Waals surface area (Å²) in [4.78, 5) is 8.43. The largest absolute Gasteiger partial charge is 0.359 e. The summed E-state index contributed by atoms with van der Waals surface area (Å²) in [7, 11) is 0. The van der Waals surface area contributed by atoms with Crippen LogP contribution in [0.15, 0.2) is 23.0 Å². The maximum Gasteiger partial charge on any atom is 0.156 e. The normalized spacial score (nSPS) is 19.4. The molecule has 2 aromatic heterocycles. The van der Waals surface area contributed by atoms with Crippen molar-refractivity contribution < 1.29 is 4.52 Å². The quantitative estimate of drug-likeness (QED) is 0.761. The molecule has 5 heteroatoms. The minimum absolute atomic E-state index is 0.193. The number of aryl methyl sites for hydroxylation is 1. The third-order valence-corrected chi connectivity index (χ3v) is 2.73. The molecule has 2 aromatic rings. The second kappa shape index (κ2) is 3.68. The fraction of sp³-hybridized carbons (Fsp3) is 0.364. The SMILES string of the molecule is Cc1nccnc1-c1cc(C2CC[N]2)on1. The molecule has 0 aromatic carbocycles. The van der Waals surface area contributed by atoms with Gasteiger partial charge in [0.1, 0.15) is 11.4 Å². The molecule has 1 unspecified atom stereocenters. The van der Waals surface area contributed by atoms with Crippen LogP contribution in [-0.4, -0.2) is 21.7 Å². The van der Waals surface area contributed by atoms with Gasteiger partial charge in [0.25, 0.3) is 0 Å². The van der Waals surface area contributed by atoms with Gasteiger partial charge in [-0.1, -0.05) is 5.16 Å². The monoisotopic (exact) mass is 215 g/mol. The van der Waals surface area contributed by atoms with Gasteiger partial charge in [0, 0.05) is 25.0 Å². The first-order chi connectivity index (χ1) is 7.84. The van der Waals surface area contributed by atoms with E-state index in [1.165, 1.54) is 0 Å². The molecule has 3 heterocycles. The maximum absolute atomic E-state index is 5.27. The van der Waals surface area contributed by atoms with Crippen LogP contribution < -0.4 is 5.32 Å². The minimum atomic E-state index is 0.193.